The van der Waals surface area contributed by atoms with Gasteiger partial charge in [-0.2, -0.15) is 18.2 Å². The molecule has 0 saturated carbocycles. The Morgan fingerprint density at radius 3 is 2.06 bits per heavy atom. The van der Waals surface area contributed by atoms with Crippen molar-refractivity contribution in [2.45, 2.75) is 12.5 Å². The molecule has 4 nitrogen and oxygen atoms in total. The first-order valence-corrected chi connectivity index (χ1v) is 4.46. The number of ether oxygens (including phenoxy) is 1. The molecule has 0 radical (unpaired) electrons. The number of aromatic nitrogens is 1. The zero-order valence-electron chi connectivity index (χ0n) is 7.52. The van der Waals surface area contributed by atoms with Crippen molar-refractivity contribution in [3.63, 3.8) is 0 Å². The lowest BCUT2D eigenvalue weighted by Gasteiger charge is -2.04. The summed E-state index contributed by atoms with van der Waals surface area (Å²) in [5.41, 5.74) is 2.79. The van der Waals surface area contributed by atoms with E-state index in [1.165, 1.54) is 0 Å². The molecule has 1 aromatic rings. The van der Waals surface area contributed by atoms with Crippen LogP contribution in [0.2, 0.25) is 0 Å². The molecule has 1 aromatic heterocycles. The van der Waals surface area contributed by atoms with Gasteiger partial charge in [0.05, 0.1) is 0 Å². The highest BCUT2D eigenvalue weighted by Gasteiger charge is 2.41. The summed E-state index contributed by atoms with van der Waals surface area (Å²) in [6, 6.07) is 0. The summed E-state index contributed by atoms with van der Waals surface area (Å²) in [6.45, 7) is 0. The number of nitrogens with zero attached hydrogens (tertiary/aromatic N) is 1. The van der Waals surface area contributed by atoms with Gasteiger partial charge in [0.25, 0.3) is 11.1 Å². The van der Waals surface area contributed by atoms with Crippen LogP contribution in [-0.4, -0.2) is 17.3 Å². The lowest BCUT2D eigenvalue weighted by atomic mass is 10.3. The first-order chi connectivity index (χ1) is 7.50. The van der Waals surface area contributed by atoms with Gasteiger partial charge in [0.1, 0.15) is 4.88 Å². The Morgan fingerprint density at radius 1 is 1.24 bits per heavy atom. The van der Waals surface area contributed by atoms with Gasteiger partial charge < -0.3 is 10.5 Å². The van der Waals surface area contributed by atoms with Crippen LogP contribution in [0.3, 0.4) is 0 Å². The van der Waals surface area contributed by atoms with Crippen LogP contribution in [0.25, 0.3) is 0 Å². The Balaban J connectivity index is 3.18. The van der Waals surface area contributed by atoms with Crippen molar-refractivity contribution in [2.75, 3.05) is 0 Å². The van der Waals surface area contributed by atoms with Crippen molar-refractivity contribution < 1.29 is 35.9 Å². The van der Waals surface area contributed by atoms with Crippen molar-refractivity contribution in [1.82, 2.24) is 4.98 Å². The molecule has 17 heavy (non-hydrogen) atoms. The SMILES string of the molecule is NC(=O)c1sc(OC(F)(F)F)nc1C(F)(F)F. The van der Waals surface area contributed by atoms with Crippen LogP contribution < -0.4 is 10.5 Å². The number of thiazole rings is 1. The van der Waals surface area contributed by atoms with Gasteiger partial charge in [-0.25, -0.2) is 0 Å². The summed E-state index contributed by atoms with van der Waals surface area (Å²) in [7, 11) is 0. The van der Waals surface area contributed by atoms with E-state index in [0.717, 1.165) is 0 Å². The predicted octanol–water partition coefficient (Wildman–Crippen LogP) is 2.16. The summed E-state index contributed by atoms with van der Waals surface area (Å²) in [5, 5.41) is -1.35. The van der Waals surface area contributed by atoms with Crippen LogP contribution >= 0.6 is 11.3 Å². The van der Waals surface area contributed by atoms with Crippen molar-refractivity contribution >= 4 is 17.2 Å². The number of hydrogen-bond acceptors (Lipinski definition) is 4. The summed E-state index contributed by atoms with van der Waals surface area (Å²) in [6.07, 6.45) is -10.3. The minimum absolute atomic E-state index is 0.227. The summed E-state index contributed by atoms with van der Waals surface area (Å²) < 4.78 is 75.1. The van der Waals surface area contributed by atoms with Gasteiger partial charge >= 0.3 is 12.5 Å². The van der Waals surface area contributed by atoms with Crippen molar-refractivity contribution in [3.8, 4) is 5.19 Å². The number of carbonyl (C=O) groups excluding carboxylic acids is 1. The third kappa shape index (κ3) is 3.47. The lowest BCUT2D eigenvalue weighted by Crippen LogP contribution is -2.18. The van der Waals surface area contributed by atoms with Gasteiger partial charge in [-0.05, 0) is 0 Å². The van der Waals surface area contributed by atoms with E-state index in [4.69, 9.17) is 0 Å². The Hall–Kier alpha value is -1.52. The maximum atomic E-state index is 12.3. The van der Waals surface area contributed by atoms with Gasteiger partial charge in [0.15, 0.2) is 5.69 Å². The smallest absolute Gasteiger partial charge is 0.378 e. The predicted molar refractivity (Wildman–Crippen MR) is 42.3 cm³/mol. The van der Waals surface area contributed by atoms with E-state index in [1.807, 2.05) is 0 Å². The van der Waals surface area contributed by atoms with Crippen LogP contribution in [0.1, 0.15) is 15.4 Å². The largest absolute Gasteiger partial charge is 0.574 e. The molecule has 2 N–H and O–H groups in total. The minimum Gasteiger partial charge on any atom is -0.378 e. The number of primary amides is 1. The van der Waals surface area contributed by atoms with E-state index in [-0.39, 0.29) is 11.3 Å². The summed E-state index contributed by atoms with van der Waals surface area (Å²) in [4.78, 5) is 12.0. The summed E-state index contributed by atoms with van der Waals surface area (Å²) >= 11 is -0.227. The van der Waals surface area contributed by atoms with Crippen molar-refractivity contribution in [1.29, 1.82) is 0 Å². The Kier molecular flexibility index (Phi) is 3.23. The molecular formula is C6H2F6N2O2S. The monoisotopic (exact) mass is 280 g/mol. The van der Waals surface area contributed by atoms with E-state index < -0.39 is 34.2 Å². The molecule has 0 bridgehead atoms. The normalized spacial score (nSPS) is 12.6. The standard InChI is InChI=1S/C6H2F6N2O2S/c7-5(8,9)2-1(3(13)15)17-4(14-2)16-6(10,11)12/h(H2,13,15). The van der Waals surface area contributed by atoms with E-state index >= 15 is 0 Å². The van der Waals surface area contributed by atoms with Gasteiger partial charge in [0, 0.05) is 0 Å². The van der Waals surface area contributed by atoms with Gasteiger partial charge in [-0.1, -0.05) is 11.3 Å². The van der Waals surface area contributed by atoms with Crippen LogP contribution in [0.15, 0.2) is 0 Å². The molecule has 1 rings (SSSR count). The van der Waals surface area contributed by atoms with Gasteiger partial charge in [-0.3, -0.25) is 4.79 Å². The number of nitrogens with two attached hydrogens (primary N) is 1. The van der Waals surface area contributed by atoms with Gasteiger partial charge in [0.2, 0.25) is 0 Å². The van der Waals surface area contributed by atoms with Crippen LogP contribution in [0.5, 0.6) is 5.19 Å². The topological polar surface area (TPSA) is 65.2 Å². The van der Waals surface area contributed by atoms with Crippen LogP contribution in [-0.2, 0) is 6.18 Å². The zero-order valence-corrected chi connectivity index (χ0v) is 8.33. The fraction of sp³-hybridized carbons (Fsp3) is 0.333. The third-order valence-corrected chi connectivity index (χ3v) is 2.25. The highest BCUT2D eigenvalue weighted by atomic mass is 32.1. The molecule has 0 aromatic carbocycles. The Labute approximate surface area is 93.0 Å². The molecule has 11 heteroatoms. The molecule has 0 atom stereocenters. The number of carbonyl (C=O) groups is 1. The molecule has 0 saturated heterocycles. The van der Waals surface area contributed by atoms with Crippen LogP contribution in [0, 0.1) is 0 Å². The van der Waals surface area contributed by atoms with Gasteiger partial charge in [-0.15, -0.1) is 13.2 Å². The van der Waals surface area contributed by atoms with E-state index in [1.54, 1.807) is 0 Å². The number of alkyl halides is 6. The zero-order chi connectivity index (χ0) is 13.4. The van der Waals surface area contributed by atoms with E-state index in [2.05, 4.69) is 15.5 Å². The second-order valence-electron chi connectivity index (χ2n) is 2.57. The van der Waals surface area contributed by atoms with E-state index in [9.17, 15) is 31.1 Å². The summed E-state index contributed by atoms with van der Waals surface area (Å²) in [5.74, 6) is -1.54. The number of halogens is 6. The minimum atomic E-state index is -5.20. The maximum absolute atomic E-state index is 12.3. The van der Waals surface area contributed by atoms with Crippen molar-refractivity contribution in [2.24, 2.45) is 5.73 Å². The highest BCUT2D eigenvalue weighted by Crippen LogP contribution is 2.38. The molecule has 0 unspecified atom stereocenters. The fourth-order valence-electron chi connectivity index (χ4n) is 0.802. The number of hydrogen-bond donors (Lipinski definition) is 1. The fourth-order valence-corrected chi connectivity index (χ4v) is 1.61. The first kappa shape index (κ1) is 13.5. The molecule has 0 aliphatic carbocycles. The van der Waals surface area contributed by atoms with E-state index in [0.29, 0.717) is 0 Å². The Morgan fingerprint density at radius 2 is 1.76 bits per heavy atom. The quantitative estimate of drug-likeness (QED) is 0.844. The average molecular weight is 280 g/mol. The molecule has 1 heterocycles. The number of rotatable bonds is 2. The maximum Gasteiger partial charge on any atom is 0.574 e. The Bertz CT molecular complexity index is 437. The second kappa shape index (κ2) is 4.05. The molecule has 0 fully saturated rings. The number of amides is 1. The molecule has 1 amide bonds. The first-order valence-electron chi connectivity index (χ1n) is 3.64. The molecule has 96 valence electrons. The average Bonchev–Trinajstić information content (AvgIpc) is 2.43. The molecular weight excluding hydrogens is 278 g/mol. The third-order valence-electron chi connectivity index (χ3n) is 1.30. The molecule has 0 aliphatic heterocycles. The van der Waals surface area contributed by atoms with Crippen LogP contribution in [0.4, 0.5) is 26.3 Å². The lowest BCUT2D eigenvalue weighted by molar-refractivity contribution is -0.274. The second-order valence-corrected chi connectivity index (χ2v) is 3.53. The van der Waals surface area contributed by atoms with Crippen molar-refractivity contribution in [3.05, 3.63) is 10.6 Å². The molecule has 0 aliphatic rings. The highest BCUT2D eigenvalue weighted by molar-refractivity contribution is 7.15. The molecule has 0 spiro atoms.